The number of primary amides is 1. The maximum Gasteiger partial charge on any atom is 0.243 e. The quantitative estimate of drug-likeness (QED) is 0.438. The third-order valence-electron chi connectivity index (χ3n) is 2.29. The third-order valence-corrected chi connectivity index (χ3v) is 4.47. The smallest absolute Gasteiger partial charge is 0.243 e. The first-order valence-electron chi connectivity index (χ1n) is 5.69. The van der Waals surface area contributed by atoms with Gasteiger partial charge in [-0.25, -0.2) is 13.1 Å². The molecule has 0 saturated heterocycles. The molecular formula is C11H14ClN3O4S2. The van der Waals surface area contributed by atoms with Crippen molar-refractivity contribution in [3.8, 4) is 0 Å². The molecule has 5 N–H and O–H groups in total. The predicted molar refractivity (Wildman–Crippen MR) is 82.5 cm³/mol. The van der Waals surface area contributed by atoms with Crippen LogP contribution in [0.2, 0.25) is 5.02 Å². The number of rotatable bonds is 8. The molecule has 0 aliphatic heterocycles. The van der Waals surface area contributed by atoms with Crippen LogP contribution < -0.4 is 16.2 Å². The fourth-order valence-corrected chi connectivity index (χ4v) is 3.02. The Labute approximate surface area is 132 Å². The summed E-state index contributed by atoms with van der Waals surface area (Å²) in [4.78, 5) is 10.4. The molecule has 1 aromatic rings. The molecule has 0 aromatic heterocycles. The van der Waals surface area contributed by atoms with Crippen LogP contribution in [0.25, 0.3) is 0 Å². The fourth-order valence-electron chi connectivity index (χ4n) is 1.36. The zero-order valence-corrected chi connectivity index (χ0v) is 13.2. The van der Waals surface area contributed by atoms with Gasteiger partial charge >= 0.3 is 0 Å². The molecule has 0 heterocycles. The summed E-state index contributed by atoms with van der Waals surface area (Å²) >= 11 is 10.7. The van der Waals surface area contributed by atoms with Crippen LogP contribution in [0.5, 0.6) is 0 Å². The molecule has 116 valence electrons. The van der Waals surface area contributed by atoms with Gasteiger partial charge in [-0.3, -0.25) is 4.79 Å². The highest BCUT2D eigenvalue weighted by atomic mass is 35.5. The van der Waals surface area contributed by atoms with Crippen LogP contribution in [0, 0.1) is 0 Å². The summed E-state index contributed by atoms with van der Waals surface area (Å²) < 4.78 is 31.3. The number of thiocarbonyl (C=S) groups is 1. The van der Waals surface area contributed by atoms with Gasteiger partial charge in [-0.2, -0.15) is 0 Å². The molecule has 0 unspecified atom stereocenters. The van der Waals surface area contributed by atoms with Crippen LogP contribution in [-0.4, -0.2) is 39.1 Å². The minimum atomic E-state index is -3.84. The number of halogens is 1. The van der Waals surface area contributed by atoms with Crippen LogP contribution in [0.4, 0.5) is 0 Å². The lowest BCUT2D eigenvalue weighted by molar-refractivity contribution is -0.122. The molecule has 7 nitrogen and oxygen atoms in total. The second-order valence-corrected chi connectivity index (χ2v) is 6.51. The van der Waals surface area contributed by atoms with E-state index < -0.39 is 15.9 Å². The lowest BCUT2D eigenvalue weighted by Crippen LogP contribution is -2.29. The zero-order chi connectivity index (χ0) is 16.0. The normalized spacial score (nSPS) is 11.3. The maximum atomic E-state index is 12.1. The highest BCUT2D eigenvalue weighted by molar-refractivity contribution is 7.89. The van der Waals surface area contributed by atoms with E-state index in [1.54, 1.807) is 0 Å². The van der Waals surface area contributed by atoms with Crippen LogP contribution in [0.1, 0.15) is 5.56 Å². The topological polar surface area (TPSA) is 125 Å². The lowest BCUT2D eigenvalue weighted by atomic mass is 10.2. The van der Waals surface area contributed by atoms with Gasteiger partial charge in [0.15, 0.2) is 0 Å². The van der Waals surface area contributed by atoms with Crippen molar-refractivity contribution in [3.05, 3.63) is 28.8 Å². The third kappa shape index (κ3) is 5.56. The Hall–Kier alpha value is -1.26. The van der Waals surface area contributed by atoms with Crippen molar-refractivity contribution in [2.75, 3.05) is 19.8 Å². The molecule has 1 amide bonds. The van der Waals surface area contributed by atoms with E-state index in [9.17, 15) is 13.2 Å². The molecule has 0 aliphatic carbocycles. The number of nitrogens with one attached hydrogen (secondary N) is 1. The Kier molecular flexibility index (Phi) is 6.49. The van der Waals surface area contributed by atoms with Gasteiger partial charge in [-0.05, 0) is 12.1 Å². The Morgan fingerprint density at radius 2 is 2.05 bits per heavy atom. The number of ether oxygens (including phenoxy) is 1. The molecule has 10 heteroatoms. The van der Waals surface area contributed by atoms with Crippen molar-refractivity contribution in [1.29, 1.82) is 0 Å². The highest BCUT2D eigenvalue weighted by Crippen LogP contribution is 2.22. The summed E-state index contributed by atoms with van der Waals surface area (Å²) in [6, 6.07) is 4.21. The van der Waals surface area contributed by atoms with E-state index in [-0.39, 0.29) is 34.7 Å². The Balaban J connectivity index is 2.76. The van der Waals surface area contributed by atoms with Crippen molar-refractivity contribution >= 4 is 44.7 Å². The van der Waals surface area contributed by atoms with Gasteiger partial charge in [0.05, 0.1) is 11.6 Å². The molecule has 1 rings (SSSR count). The van der Waals surface area contributed by atoms with Crippen LogP contribution in [0.15, 0.2) is 23.1 Å². The maximum absolute atomic E-state index is 12.1. The van der Waals surface area contributed by atoms with Crippen LogP contribution in [0.3, 0.4) is 0 Å². The molecular weight excluding hydrogens is 338 g/mol. The van der Waals surface area contributed by atoms with Crippen molar-refractivity contribution in [1.82, 2.24) is 4.72 Å². The number of sulfonamides is 1. The number of carbonyl (C=O) groups is 1. The monoisotopic (exact) mass is 351 g/mol. The van der Waals surface area contributed by atoms with Gasteiger partial charge < -0.3 is 16.2 Å². The van der Waals surface area contributed by atoms with Gasteiger partial charge in [-0.1, -0.05) is 29.9 Å². The lowest BCUT2D eigenvalue weighted by Gasteiger charge is -2.10. The van der Waals surface area contributed by atoms with E-state index in [1.165, 1.54) is 18.2 Å². The summed E-state index contributed by atoms with van der Waals surface area (Å²) in [5.74, 6) is -0.634. The first-order chi connectivity index (χ1) is 9.74. The van der Waals surface area contributed by atoms with Gasteiger partial charge in [-0.15, -0.1) is 0 Å². The number of hydrogen-bond acceptors (Lipinski definition) is 5. The largest absolute Gasteiger partial charge is 0.389 e. The molecule has 21 heavy (non-hydrogen) atoms. The molecule has 0 saturated carbocycles. The Morgan fingerprint density at radius 3 is 2.62 bits per heavy atom. The minimum Gasteiger partial charge on any atom is -0.389 e. The van der Waals surface area contributed by atoms with Crippen LogP contribution >= 0.6 is 23.8 Å². The SMILES string of the molecule is NC(=O)COCCNS(=O)(=O)c1cc(C(N)=S)ccc1Cl. The summed E-state index contributed by atoms with van der Waals surface area (Å²) in [6.45, 7) is -0.322. The number of hydrogen-bond donors (Lipinski definition) is 3. The zero-order valence-electron chi connectivity index (χ0n) is 10.8. The van der Waals surface area contributed by atoms with Crippen molar-refractivity contribution in [2.24, 2.45) is 11.5 Å². The Bertz CT molecular complexity index is 649. The number of amides is 1. The molecule has 0 fully saturated rings. The van der Waals surface area contributed by atoms with Gasteiger partial charge in [0, 0.05) is 12.1 Å². The first-order valence-corrected chi connectivity index (χ1v) is 7.96. The van der Waals surface area contributed by atoms with Crippen molar-refractivity contribution in [2.45, 2.75) is 4.90 Å². The Morgan fingerprint density at radius 1 is 1.38 bits per heavy atom. The van der Waals surface area contributed by atoms with Gasteiger partial charge in [0.2, 0.25) is 15.9 Å². The van der Waals surface area contributed by atoms with Crippen molar-refractivity contribution < 1.29 is 17.9 Å². The van der Waals surface area contributed by atoms with Crippen molar-refractivity contribution in [3.63, 3.8) is 0 Å². The molecule has 0 bridgehead atoms. The first kappa shape index (κ1) is 17.8. The highest BCUT2D eigenvalue weighted by Gasteiger charge is 2.18. The summed E-state index contributed by atoms with van der Waals surface area (Å²) in [7, 11) is -3.84. The van der Waals surface area contributed by atoms with Crippen LogP contribution in [-0.2, 0) is 19.6 Å². The molecule has 0 atom stereocenters. The molecule has 0 radical (unpaired) electrons. The number of nitrogens with two attached hydrogens (primary N) is 2. The van der Waals surface area contributed by atoms with E-state index in [2.05, 4.69) is 4.72 Å². The second kappa shape index (κ2) is 7.66. The summed E-state index contributed by atoms with van der Waals surface area (Å²) in [5, 5.41) is 0.0422. The van der Waals surface area contributed by atoms with E-state index in [0.29, 0.717) is 5.56 Å². The minimum absolute atomic E-state index is 0.00518. The average molecular weight is 352 g/mol. The molecule has 1 aromatic carbocycles. The number of carbonyl (C=O) groups excluding carboxylic acids is 1. The van der Waals surface area contributed by atoms with Gasteiger partial charge in [0.1, 0.15) is 16.5 Å². The number of benzene rings is 1. The summed E-state index contributed by atoms with van der Waals surface area (Å²) in [6.07, 6.45) is 0. The molecule has 0 spiro atoms. The van der Waals surface area contributed by atoms with E-state index in [0.717, 1.165) is 0 Å². The van der Waals surface area contributed by atoms with Gasteiger partial charge in [0.25, 0.3) is 0 Å². The summed E-state index contributed by atoms with van der Waals surface area (Å²) in [5.41, 5.74) is 10.7. The van der Waals surface area contributed by atoms with E-state index in [4.69, 9.17) is 40.0 Å². The fraction of sp³-hybridized carbons (Fsp3) is 0.273. The standard InChI is InChI=1S/C11H14ClN3O4S2/c12-8-2-1-7(11(14)20)5-9(8)21(17,18)15-3-4-19-6-10(13)16/h1-2,5,15H,3-4,6H2,(H2,13,16)(H2,14,20). The van der Waals surface area contributed by atoms with E-state index in [1.807, 2.05) is 0 Å². The second-order valence-electron chi connectivity index (χ2n) is 3.93. The average Bonchev–Trinajstić information content (AvgIpc) is 2.37. The predicted octanol–water partition coefficient (Wildman–Crippen LogP) is -0.246. The van der Waals surface area contributed by atoms with E-state index >= 15 is 0 Å². The molecule has 0 aliphatic rings.